The molecule has 0 saturated carbocycles. The van der Waals surface area contributed by atoms with Crippen molar-refractivity contribution in [3.63, 3.8) is 0 Å². The van der Waals surface area contributed by atoms with Gasteiger partial charge in [-0.05, 0) is 35.9 Å². The molecule has 1 aliphatic rings. The Bertz CT molecular complexity index is 878. The molecule has 0 atom stereocenters. The first kappa shape index (κ1) is 18.5. The van der Waals surface area contributed by atoms with Gasteiger partial charge in [0.05, 0.1) is 18.1 Å². The largest absolute Gasteiger partial charge is 0.379 e. The standard InChI is InChI=1S/C18H19FN2O4S/c19-16-6-4-14(5-7-16)13-20-18(22)15-2-1-3-17(12-15)26(23,24)21-8-10-25-11-9-21/h1-7,12H,8-11,13H2,(H,20,22). The van der Waals surface area contributed by atoms with E-state index in [4.69, 9.17) is 4.74 Å². The van der Waals surface area contributed by atoms with E-state index in [1.165, 1.54) is 28.6 Å². The fourth-order valence-corrected chi connectivity index (χ4v) is 4.07. The van der Waals surface area contributed by atoms with E-state index in [-0.39, 0.29) is 22.8 Å². The van der Waals surface area contributed by atoms with Gasteiger partial charge in [-0.2, -0.15) is 4.31 Å². The van der Waals surface area contributed by atoms with Crippen LogP contribution in [0.5, 0.6) is 0 Å². The molecular formula is C18H19FN2O4S. The van der Waals surface area contributed by atoms with Gasteiger partial charge in [0.15, 0.2) is 0 Å². The summed E-state index contributed by atoms with van der Waals surface area (Å²) in [5.41, 5.74) is 0.998. The number of hydrogen-bond donors (Lipinski definition) is 1. The van der Waals surface area contributed by atoms with Crippen molar-refractivity contribution in [2.24, 2.45) is 0 Å². The molecule has 1 saturated heterocycles. The van der Waals surface area contributed by atoms with Gasteiger partial charge in [0.2, 0.25) is 10.0 Å². The smallest absolute Gasteiger partial charge is 0.251 e. The van der Waals surface area contributed by atoms with Gasteiger partial charge >= 0.3 is 0 Å². The molecule has 0 aliphatic carbocycles. The number of sulfonamides is 1. The SMILES string of the molecule is O=C(NCc1ccc(F)cc1)c1cccc(S(=O)(=O)N2CCOCC2)c1. The van der Waals surface area contributed by atoms with E-state index in [1.807, 2.05) is 0 Å². The molecule has 1 amide bonds. The molecule has 0 aromatic heterocycles. The first-order valence-corrected chi connectivity index (χ1v) is 9.61. The second-order valence-corrected chi connectivity index (χ2v) is 7.79. The third kappa shape index (κ3) is 4.27. The minimum absolute atomic E-state index is 0.0776. The fourth-order valence-electron chi connectivity index (χ4n) is 2.62. The van der Waals surface area contributed by atoms with E-state index in [0.29, 0.717) is 26.3 Å². The molecule has 0 unspecified atom stereocenters. The summed E-state index contributed by atoms with van der Waals surface area (Å²) in [7, 11) is -3.66. The number of amides is 1. The van der Waals surface area contributed by atoms with E-state index in [9.17, 15) is 17.6 Å². The Balaban J connectivity index is 1.71. The van der Waals surface area contributed by atoms with Crippen molar-refractivity contribution >= 4 is 15.9 Å². The Labute approximate surface area is 151 Å². The zero-order valence-electron chi connectivity index (χ0n) is 14.0. The highest BCUT2D eigenvalue weighted by atomic mass is 32.2. The molecule has 26 heavy (non-hydrogen) atoms. The number of morpholine rings is 1. The predicted molar refractivity (Wildman–Crippen MR) is 93.6 cm³/mol. The molecule has 0 bridgehead atoms. The summed E-state index contributed by atoms with van der Waals surface area (Å²) in [6.45, 7) is 1.53. The summed E-state index contributed by atoms with van der Waals surface area (Å²) in [6.07, 6.45) is 0. The Morgan fingerprint density at radius 1 is 1.12 bits per heavy atom. The minimum atomic E-state index is -3.66. The molecule has 1 heterocycles. The highest BCUT2D eigenvalue weighted by molar-refractivity contribution is 7.89. The maximum absolute atomic E-state index is 12.9. The lowest BCUT2D eigenvalue weighted by molar-refractivity contribution is 0.0730. The van der Waals surface area contributed by atoms with Crippen LogP contribution >= 0.6 is 0 Å². The lowest BCUT2D eigenvalue weighted by Gasteiger charge is -2.26. The molecule has 0 radical (unpaired) electrons. The number of hydrogen-bond acceptors (Lipinski definition) is 4. The van der Waals surface area contributed by atoms with Crippen LogP contribution in [0.4, 0.5) is 4.39 Å². The molecule has 138 valence electrons. The maximum atomic E-state index is 12.9. The monoisotopic (exact) mass is 378 g/mol. The van der Waals surface area contributed by atoms with Crippen LogP contribution in [0.15, 0.2) is 53.4 Å². The van der Waals surface area contributed by atoms with Gasteiger partial charge < -0.3 is 10.1 Å². The lowest BCUT2D eigenvalue weighted by atomic mass is 10.2. The Kier molecular flexibility index (Phi) is 5.65. The molecular weight excluding hydrogens is 359 g/mol. The summed E-state index contributed by atoms with van der Waals surface area (Å²) < 4.78 is 44.8. The molecule has 1 fully saturated rings. The first-order chi connectivity index (χ1) is 12.5. The number of nitrogens with one attached hydrogen (secondary N) is 1. The zero-order valence-corrected chi connectivity index (χ0v) is 14.8. The van der Waals surface area contributed by atoms with Crippen LogP contribution in [0.2, 0.25) is 0 Å². The Morgan fingerprint density at radius 2 is 1.81 bits per heavy atom. The highest BCUT2D eigenvalue weighted by Gasteiger charge is 2.26. The van der Waals surface area contributed by atoms with Crippen LogP contribution in [0.3, 0.4) is 0 Å². The number of rotatable bonds is 5. The van der Waals surface area contributed by atoms with Crippen molar-refractivity contribution in [3.05, 3.63) is 65.5 Å². The molecule has 3 rings (SSSR count). The number of halogens is 1. The van der Waals surface area contributed by atoms with Gasteiger partial charge in [-0.3, -0.25) is 4.79 Å². The quantitative estimate of drug-likeness (QED) is 0.861. The Hall–Kier alpha value is -2.29. The first-order valence-electron chi connectivity index (χ1n) is 8.17. The summed E-state index contributed by atoms with van der Waals surface area (Å²) in [6, 6.07) is 11.7. The van der Waals surface area contributed by atoms with Crippen molar-refractivity contribution < 1.29 is 22.3 Å². The van der Waals surface area contributed by atoms with E-state index < -0.39 is 15.9 Å². The molecule has 6 nitrogen and oxygen atoms in total. The second-order valence-electron chi connectivity index (χ2n) is 5.85. The van der Waals surface area contributed by atoms with Gasteiger partial charge in [-0.15, -0.1) is 0 Å². The van der Waals surface area contributed by atoms with Crippen molar-refractivity contribution in [2.45, 2.75) is 11.4 Å². The van der Waals surface area contributed by atoms with Gasteiger partial charge in [0, 0.05) is 25.2 Å². The molecule has 2 aromatic carbocycles. The van der Waals surface area contributed by atoms with Crippen LogP contribution < -0.4 is 5.32 Å². The van der Waals surface area contributed by atoms with Crippen LogP contribution in [0.25, 0.3) is 0 Å². The van der Waals surface area contributed by atoms with E-state index in [1.54, 1.807) is 24.3 Å². The fraction of sp³-hybridized carbons (Fsp3) is 0.278. The van der Waals surface area contributed by atoms with E-state index in [2.05, 4.69) is 5.32 Å². The summed E-state index contributed by atoms with van der Waals surface area (Å²) in [5.74, 6) is -0.741. The molecule has 1 N–H and O–H groups in total. The van der Waals surface area contributed by atoms with Gasteiger partial charge in [-0.25, -0.2) is 12.8 Å². The van der Waals surface area contributed by atoms with Crippen molar-refractivity contribution in [2.75, 3.05) is 26.3 Å². The summed E-state index contributed by atoms with van der Waals surface area (Å²) in [5, 5.41) is 2.70. The van der Waals surface area contributed by atoms with Crippen LogP contribution in [-0.4, -0.2) is 44.9 Å². The van der Waals surface area contributed by atoms with Crippen molar-refractivity contribution in [3.8, 4) is 0 Å². The van der Waals surface area contributed by atoms with Crippen molar-refractivity contribution in [1.82, 2.24) is 9.62 Å². The van der Waals surface area contributed by atoms with Crippen LogP contribution in [0, 0.1) is 5.82 Å². The number of carbonyl (C=O) groups excluding carboxylic acids is 1. The normalized spacial score (nSPS) is 15.6. The van der Waals surface area contributed by atoms with Crippen LogP contribution in [-0.2, 0) is 21.3 Å². The number of nitrogens with zero attached hydrogens (tertiary/aromatic N) is 1. The topological polar surface area (TPSA) is 75.7 Å². The average molecular weight is 378 g/mol. The molecule has 1 aliphatic heterocycles. The third-order valence-electron chi connectivity index (χ3n) is 4.07. The van der Waals surface area contributed by atoms with E-state index in [0.717, 1.165) is 5.56 Å². The summed E-state index contributed by atoms with van der Waals surface area (Å²) >= 11 is 0. The maximum Gasteiger partial charge on any atom is 0.251 e. The van der Waals surface area contributed by atoms with Gasteiger partial charge in [0.1, 0.15) is 5.82 Å². The predicted octanol–water partition coefficient (Wildman–Crippen LogP) is 1.78. The second kappa shape index (κ2) is 7.94. The van der Waals surface area contributed by atoms with Gasteiger partial charge in [-0.1, -0.05) is 18.2 Å². The van der Waals surface area contributed by atoms with Gasteiger partial charge in [0.25, 0.3) is 5.91 Å². The number of benzene rings is 2. The van der Waals surface area contributed by atoms with Crippen molar-refractivity contribution in [1.29, 1.82) is 0 Å². The number of ether oxygens (including phenoxy) is 1. The molecule has 0 spiro atoms. The zero-order chi connectivity index (χ0) is 18.6. The molecule has 2 aromatic rings. The lowest BCUT2D eigenvalue weighted by Crippen LogP contribution is -2.40. The summed E-state index contributed by atoms with van der Waals surface area (Å²) in [4.78, 5) is 12.4. The number of carbonyl (C=O) groups is 1. The van der Waals surface area contributed by atoms with E-state index >= 15 is 0 Å². The minimum Gasteiger partial charge on any atom is -0.379 e. The highest BCUT2D eigenvalue weighted by Crippen LogP contribution is 2.18. The molecule has 8 heteroatoms. The Morgan fingerprint density at radius 3 is 2.50 bits per heavy atom. The average Bonchev–Trinajstić information content (AvgIpc) is 2.68. The third-order valence-corrected chi connectivity index (χ3v) is 5.97. The van der Waals surface area contributed by atoms with Crippen LogP contribution in [0.1, 0.15) is 15.9 Å².